The van der Waals surface area contributed by atoms with Crippen molar-refractivity contribution in [3.8, 4) is 0 Å². The van der Waals surface area contributed by atoms with Crippen molar-refractivity contribution in [1.82, 2.24) is 10.2 Å². The Labute approximate surface area is 195 Å². The van der Waals surface area contributed by atoms with Crippen LogP contribution in [0.2, 0.25) is 0 Å². The smallest absolute Gasteiger partial charge is 0.322 e. The monoisotopic (exact) mass is 463 g/mol. The van der Waals surface area contributed by atoms with Gasteiger partial charge < -0.3 is 5.32 Å². The normalized spacial score (nSPS) is 14.5. The molecule has 3 aromatic carbocycles. The van der Waals surface area contributed by atoms with Gasteiger partial charge in [-0.1, -0.05) is 48.5 Å². The summed E-state index contributed by atoms with van der Waals surface area (Å²) in [7, 11) is 0.223. The third-order valence-electron chi connectivity index (χ3n) is 6.04. The van der Waals surface area contributed by atoms with Crippen LogP contribution in [0.5, 0.6) is 0 Å². The van der Waals surface area contributed by atoms with E-state index in [1.807, 2.05) is 55.5 Å². The largest absolute Gasteiger partial charge is 0.331 e. The molecule has 1 heterocycles. The molecule has 2 amide bonds. The van der Waals surface area contributed by atoms with Crippen LogP contribution in [0.1, 0.15) is 35.2 Å². The van der Waals surface area contributed by atoms with Crippen molar-refractivity contribution in [2.24, 2.45) is 0 Å². The number of rotatable bonds is 6. The van der Waals surface area contributed by atoms with Crippen LogP contribution < -0.4 is 10.2 Å². The summed E-state index contributed by atoms with van der Waals surface area (Å²) in [5.74, 6) is -0.0474. The molecule has 1 atom stereocenters. The van der Waals surface area contributed by atoms with Gasteiger partial charge in [-0.05, 0) is 60.5 Å². The second-order valence-corrected chi connectivity index (χ2v) is 10.7. The number of urea groups is 1. The van der Waals surface area contributed by atoms with Crippen molar-refractivity contribution in [3.05, 3.63) is 95.1 Å². The van der Waals surface area contributed by atoms with Crippen LogP contribution in [-0.4, -0.2) is 33.4 Å². The lowest BCUT2D eigenvalue weighted by Crippen LogP contribution is -2.38. The van der Waals surface area contributed by atoms with Crippen LogP contribution in [0.25, 0.3) is 0 Å². The van der Waals surface area contributed by atoms with Gasteiger partial charge in [0.1, 0.15) is 0 Å². The van der Waals surface area contributed by atoms with E-state index in [1.54, 1.807) is 31.3 Å². The van der Waals surface area contributed by atoms with Crippen molar-refractivity contribution in [3.63, 3.8) is 0 Å². The van der Waals surface area contributed by atoms with Gasteiger partial charge in [-0.2, -0.15) is 0 Å². The number of carbonyl (C=O) groups excluding carboxylic acids is 1. The summed E-state index contributed by atoms with van der Waals surface area (Å²) in [5.41, 5.74) is 4.87. The Morgan fingerprint density at radius 3 is 2.36 bits per heavy atom. The second-order valence-electron chi connectivity index (χ2n) is 8.67. The molecule has 1 aliphatic rings. The lowest BCUT2D eigenvalue weighted by Gasteiger charge is -2.22. The summed E-state index contributed by atoms with van der Waals surface area (Å²) in [5, 5.41) is 2.96. The van der Waals surface area contributed by atoms with E-state index in [-0.39, 0.29) is 22.7 Å². The lowest BCUT2D eigenvalue weighted by atomic mass is 10.1. The summed E-state index contributed by atoms with van der Waals surface area (Å²) in [6.45, 7) is 3.66. The Morgan fingerprint density at radius 1 is 1.00 bits per heavy atom. The van der Waals surface area contributed by atoms with Crippen molar-refractivity contribution in [2.45, 2.75) is 36.7 Å². The van der Waals surface area contributed by atoms with Gasteiger partial charge in [-0.25, -0.2) is 13.2 Å². The Morgan fingerprint density at radius 2 is 1.67 bits per heavy atom. The molecule has 1 N–H and O–H groups in total. The summed E-state index contributed by atoms with van der Waals surface area (Å²) in [6, 6.07) is 21.7. The van der Waals surface area contributed by atoms with E-state index >= 15 is 0 Å². The van der Waals surface area contributed by atoms with Gasteiger partial charge in [0.05, 0.1) is 16.7 Å². The van der Waals surface area contributed by atoms with Gasteiger partial charge in [-0.15, -0.1) is 0 Å². The average molecular weight is 464 g/mol. The zero-order valence-electron chi connectivity index (χ0n) is 19.2. The summed E-state index contributed by atoms with van der Waals surface area (Å²) < 4.78 is 26.0. The van der Waals surface area contributed by atoms with E-state index in [0.717, 1.165) is 24.2 Å². The highest BCUT2D eigenvalue weighted by Crippen LogP contribution is 2.25. The molecule has 0 saturated carbocycles. The molecule has 1 aliphatic heterocycles. The molecule has 0 spiro atoms. The van der Waals surface area contributed by atoms with Crippen LogP contribution in [-0.2, 0) is 28.7 Å². The van der Waals surface area contributed by atoms with Gasteiger partial charge in [-0.3, -0.25) is 9.80 Å². The zero-order valence-corrected chi connectivity index (χ0v) is 20.0. The minimum Gasteiger partial charge on any atom is -0.331 e. The van der Waals surface area contributed by atoms with Gasteiger partial charge in [0.2, 0.25) is 0 Å². The molecule has 0 aliphatic carbocycles. The molecule has 0 bridgehead atoms. The first-order chi connectivity index (χ1) is 15.7. The van der Waals surface area contributed by atoms with Crippen LogP contribution >= 0.6 is 0 Å². The molecule has 4 rings (SSSR count). The molecule has 0 aromatic heterocycles. The molecule has 0 fully saturated rings. The maximum Gasteiger partial charge on any atom is 0.322 e. The highest BCUT2D eigenvalue weighted by atomic mass is 32.2. The van der Waals surface area contributed by atoms with Crippen molar-refractivity contribution < 1.29 is 13.2 Å². The zero-order chi connectivity index (χ0) is 23.6. The summed E-state index contributed by atoms with van der Waals surface area (Å²) >= 11 is 0. The molecule has 7 heteroatoms. The highest BCUT2D eigenvalue weighted by Gasteiger charge is 2.20. The van der Waals surface area contributed by atoms with Crippen molar-refractivity contribution >= 4 is 21.6 Å². The third kappa shape index (κ3) is 5.26. The Hall–Kier alpha value is -3.16. The van der Waals surface area contributed by atoms with Crippen LogP contribution in [0, 0.1) is 0 Å². The maximum absolute atomic E-state index is 13.0. The minimum atomic E-state index is -3.49. The predicted octanol–water partition coefficient (Wildman–Crippen LogP) is 4.51. The standard InChI is InChI=1S/C26H29N3O3S/c1-19(21-7-5-4-6-8-21)27-26(30)29(3)24-11-13-25(14-12-24)33(31,32)18-20-9-10-22-16-28(2)17-23(22)15-20/h4-15,19H,16-18H2,1-3H3,(H,27,30). The van der Waals surface area contributed by atoms with E-state index in [1.165, 1.54) is 16.0 Å². The first kappa shape index (κ1) is 23.0. The van der Waals surface area contributed by atoms with Crippen LogP contribution in [0.4, 0.5) is 10.5 Å². The molecule has 1 unspecified atom stereocenters. The Bertz CT molecular complexity index is 1240. The van der Waals surface area contributed by atoms with Gasteiger partial charge in [0.15, 0.2) is 9.84 Å². The number of hydrogen-bond donors (Lipinski definition) is 1. The lowest BCUT2D eigenvalue weighted by molar-refractivity contribution is 0.244. The molecule has 3 aromatic rings. The predicted molar refractivity (Wildman–Crippen MR) is 131 cm³/mol. The topological polar surface area (TPSA) is 69.7 Å². The molecular formula is C26H29N3O3S. The molecular weight excluding hydrogens is 434 g/mol. The number of sulfone groups is 1. The number of nitrogens with zero attached hydrogens (tertiary/aromatic N) is 2. The van der Waals surface area contributed by atoms with E-state index < -0.39 is 9.84 Å². The van der Waals surface area contributed by atoms with Gasteiger partial charge in [0, 0.05) is 25.8 Å². The number of carbonyl (C=O) groups is 1. The number of fused-ring (bicyclic) bond motifs is 1. The molecule has 0 saturated heterocycles. The number of amides is 2. The molecule has 33 heavy (non-hydrogen) atoms. The molecule has 172 valence electrons. The average Bonchev–Trinajstić information content (AvgIpc) is 3.18. The van der Waals surface area contributed by atoms with Crippen molar-refractivity contribution in [2.75, 3.05) is 19.0 Å². The van der Waals surface area contributed by atoms with Crippen LogP contribution in [0.3, 0.4) is 0 Å². The van der Waals surface area contributed by atoms with Gasteiger partial charge >= 0.3 is 6.03 Å². The fraction of sp³-hybridized carbons (Fsp3) is 0.269. The first-order valence-electron chi connectivity index (χ1n) is 10.9. The van der Waals surface area contributed by atoms with E-state index in [2.05, 4.69) is 17.3 Å². The van der Waals surface area contributed by atoms with Crippen LogP contribution in [0.15, 0.2) is 77.7 Å². The fourth-order valence-electron chi connectivity index (χ4n) is 4.11. The van der Waals surface area contributed by atoms with E-state index in [9.17, 15) is 13.2 Å². The van der Waals surface area contributed by atoms with E-state index in [0.29, 0.717) is 5.69 Å². The number of benzene rings is 3. The third-order valence-corrected chi connectivity index (χ3v) is 7.74. The fourth-order valence-corrected chi connectivity index (χ4v) is 5.45. The minimum absolute atomic E-state index is 0.0474. The Kier molecular flexibility index (Phi) is 6.54. The number of anilines is 1. The number of hydrogen-bond acceptors (Lipinski definition) is 4. The molecule has 6 nitrogen and oxygen atoms in total. The maximum atomic E-state index is 13.0. The molecule has 0 radical (unpaired) electrons. The van der Waals surface area contributed by atoms with Gasteiger partial charge in [0.25, 0.3) is 0 Å². The summed E-state index contributed by atoms with van der Waals surface area (Å²) in [6.07, 6.45) is 0. The summed E-state index contributed by atoms with van der Waals surface area (Å²) in [4.78, 5) is 16.6. The first-order valence-corrected chi connectivity index (χ1v) is 12.6. The quantitative estimate of drug-likeness (QED) is 0.584. The number of nitrogens with one attached hydrogen (secondary N) is 1. The SMILES string of the molecule is CC(NC(=O)N(C)c1ccc(S(=O)(=O)Cc2ccc3c(c2)CN(C)C3)cc1)c1ccccc1. The van der Waals surface area contributed by atoms with Crippen molar-refractivity contribution in [1.29, 1.82) is 0 Å². The van der Waals surface area contributed by atoms with E-state index in [4.69, 9.17) is 0 Å². The second kappa shape index (κ2) is 9.37. The highest BCUT2D eigenvalue weighted by molar-refractivity contribution is 7.90. The Balaban J connectivity index is 1.42.